The molecule has 3 aromatic rings. The Balaban J connectivity index is 1.52. The Kier molecular flexibility index (Phi) is 16.2. The number of benzene rings is 2. The summed E-state index contributed by atoms with van der Waals surface area (Å²) in [4.78, 5) is 48.3. The number of H-pyrrole nitrogens is 1. The molecule has 1 unspecified atom stereocenters. The molecule has 1 saturated carbocycles. The smallest absolute Gasteiger partial charge is 0.408 e. The average molecular weight is 732 g/mol. The van der Waals surface area contributed by atoms with E-state index in [4.69, 9.17) is 9.47 Å². The lowest BCUT2D eigenvalue weighted by atomic mass is 9.80. The van der Waals surface area contributed by atoms with Gasteiger partial charge in [0.15, 0.2) is 0 Å². The van der Waals surface area contributed by atoms with Crippen LogP contribution in [0.15, 0.2) is 73.2 Å². The van der Waals surface area contributed by atoms with Crippen LogP contribution in [0.25, 0.3) is 0 Å². The van der Waals surface area contributed by atoms with Gasteiger partial charge in [-0.3, -0.25) is 9.59 Å². The van der Waals surface area contributed by atoms with Crippen molar-refractivity contribution in [2.24, 2.45) is 17.8 Å². The fourth-order valence-electron chi connectivity index (χ4n) is 7.03. The van der Waals surface area contributed by atoms with Gasteiger partial charge in [0.1, 0.15) is 23.4 Å². The molecule has 1 aliphatic rings. The lowest BCUT2D eigenvalue weighted by Gasteiger charge is -2.34. The number of imidazole rings is 1. The number of nitrogens with zero attached hydrogens (tertiary/aromatic N) is 1. The molecule has 2 aromatic carbocycles. The number of amides is 3. The summed E-state index contributed by atoms with van der Waals surface area (Å²) in [5.41, 5.74) is 0.731. The Bertz CT molecular complexity index is 1510. The van der Waals surface area contributed by atoms with Crippen LogP contribution in [0.2, 0.25) is 0 Å². The molecule has 0 bridgehead atoms. The minimum Gasteiger partial charge on any atom is -0.494 e. The van der Waals surface area contributed by atoms with Gasteiger partial charge in [-0.2, -0.15) is 0 Å². The van der Waals surface area contributed by atoms with Crippen molar-refractivity contribution in [1.29, 1.82) is 0 Å². The van der Waals surface area contributed by atoms with Crippen molar-refractivity contribution in [1.82, 2.24) is 25.9 Å². The molecule has 0 radical (unpaired) electrons. The molecule has 290 valence electrons. The third kappa shape index (κ3) is 14.9. The van der Waals surface area contributed by atoms with Crippen LogP contribution in [-0.4, -0.2) is 69.4 Å². The standard InChI is InChI=1S/C42H61N5O6/c1-29(2)32(21-22-52-34-19-13-8-14-20-34)25-38(48)35(23-30-15-9-6-10-16-30)45-40(50)37(26-33-27-43-28-44-33)46-39(49)36(24-31-17-11-7-12-18-31)47-41(51)53-42(3,4)5/h7-8,11-14,17-20,27-30,32,35-38,48H,6,9-10,15-16,21-26H2,1-5H3,(H,43,44)(H,45,50)(H,46,49)(H,47,51)/t32-,35-,36-,37?,38-/m0/s1. The molecule has 0 spiro atoms. The van der Waals surface area contributed by atoms with Crippen molar-refractivity contribution in [2.75, 3.05) is 6.61 Å². The van der Waals surface area contributed by atoms with E-state index in [-0.39, 0.29) is 18.8 Å². The van der Waals surface area contributed by atoms with Gasteiger partial charge in [-0.1, -0.05) is 94.5 Å². The van der Waals surface area contributed by atoms with Crippen LogP contribution in [0.5, 0.6) is 5.75 Å². The van der Waals surface area contributed by atoms with Crippen LogP contribution in [0.4, 0.5) is 4.79 Å². The number of aliphatic hydroxyl groups excluding tert-OH is 1. The molecule has 11 heteroatoms. The van der Waals surface area contributed by atoms with Crippen LogP contribution in [-0.2, 0) is 27.2 Å². The molecule has 11 nitrogen and oxygen atoms in total. The fraction of sp³-hybridized carbons (Fsp3) is 0.571. The molecular weight excluding hydrogens is 670 g/mol. The molecule has 1 aliphatic carbocycles. The number of hydrogen-bond donors (Lipinski definition) is 5. The summed E-state index contributed by atoms with van der Waals surface area (Å²) in [5.74, 6) is 0.727. The van der Waals surface area contributed by atoms with Gasteiger partial charge in [0.05, 0.1) is 25.1 Å². The number of aromatic nitrogens is 2. The number of carbonyl (C=O) groups excluding carboxylic acids is 3. The molecule has 3 amide bonds. The maximum Gasteiger partial charge on any atom is 0.408 e. The number of aliphatic hydroxyl groups is 1. The Hall–Kier alpha value is -4.38. The number of nitrogens with one attached hydrogen (secondary N) is 4. The Morgan fingerprint density at radius 3 is 2.15 bits per heavy atom. The molecule has 5 N–H and O–H groups in total. The zero-order valence-electron chi connectivity index (χ0n) is 32.2. The number of para-hydroxylation sites is 1. The van der Waals surface area contributed by atoms with Crippen LogP contribution in [0.1, 0.15) is 97.2 Å². The zero-order valence-corrected chi connectivity index (χ0v) is 32.2. The van der Waals surface area contributed by atoms with E-state index in [1.165, 1.54) is 12.7 Å². The molecule has 5 atom stereocenters. The first kappa shape index (κ1) is 41.4. The molecule has 1 fully saturated rings. The predicted octanol–water partition coefficient (Wildman–Crippen LogP) is 6.52. The average Bonchev–Trinajstić information content (AvgIpc) is 3.64. The maximum atomic E-state index is 14.3. The highest BCUT2D eigenvalue weighted by Gasteiger charge is 2.33. The van der Waals surface area contributed by atoms with Crippen molar-refractivity contribution in [3.63, 3.8) is 0 Å². The Morgan fingerprint density at radius 1 is 0.887 bits per heavy atom. The third-order valence-electron chi connectivity index (χ3n) is 9.99. The Morgan fingerprint density at radius 2 is 1.53 bits per heavy atom. The largest absolute Gasteiger partial charge is 0.494 e. The monoisotopic (exact) mass is 731 g/mol. The molecular formula is C42H61N5O6. The third-order valence-corrected chi connectivity index (χ3v) is 9.99. The first-order valence-corrected chi connectivity index (χ1v) is 19.3. The highest BCUT2D eigenvalue weighted by Crippen LogP contribution is 2.30. The summed E-state index contributed by atoms with van der Waals surface area (Å²) in [7, 11) is 0. The van der Waals surface area contributed by atoms with Crippen molar-refractivity contribution in [2.45, 2.75) is 129 Å². The second kappa shape index (κ2) is 20.8. The summed E-state index contributed by atoms with van der Waals surface area (Å²) in [6, 6.07) is 16.5. The minimum absolute atomic E-state index is 0.139. The van der Waals surface area contributed by atoms with Gasteiger partial charge in [0.2, 0.25) is 11.8 Å². The SMILES string of the molecule is CC(C)[C@@H](CCOc1ccccc1)C[C@H](O)[C@H](CC1CCCCC1)NC(=O)C(Cc1cnc[nH]1)NC(=O)[C@H](Cc1ccccc1)NC(=O)OC(C)(C)C. The van der Waals surface area contributed by atoms with E-state index in [1.54, 1.807) is 27.0 Å². The van der Waals surface area contributed by atoms with E-state index in [1.807, 2.05) is 60.7 Å². The summed E-state index contributed by atoms with van der Waals surface area (Å²) in [5, 5.41) is 20.7. The van der Waals surface area contributed by atoms with Crippen LogP contribution < -0.4 is 20.7 Å². The van der Waals surface area contributed by atoms with Gasteiger partial charge >= 0.3 is 6.09 Å². The van der Waals surface area contributed by atoms with Crippen molar-refractivity contribution >= 4 is 17.9 Å². The number of aromatic amines is 1. The lowest BCUT2D eigenvalue weighted by molar-refractivity contribution is -0.131. The molecule has 4 rings (SSSR count). The molecule has 1 aromatic heterocycles. The first-order valence-electron chi connectivity index (χ1n) is 19.3. The topological polar surface area (TPSA) is 155 Å². The van der Waals surface area contributed by atoms with Gasteiger partial charge < -0.3 is 35.5 Å². The van der Waals surface area contributed by atoms with E-state index in [9.17, 15) is 19.5 Å². The summed E-state index contributed by atoms with van der Waals surface area (Å²) >= 11 is 0. The van der Waals surface area contributed by atoms with E-state index < -0.39 is 47.7 Å². The van der Waals surface area contributed by atoms with Gasteiger partial charge in [-0.15, -0.1) is 0 Å². The molecule has 0 aliphatic heterocycles. The van der Waals surface area contributed by atoms with Gasteiger partial charge in [-0.05, 0) is 75.5 Å². The van der Waals surface area contributed by atoms with E-state index in [2.05, 4.69) is 39.8 Å². The van der Waals surface area contributed by atoms with Crippen LogP contribution >= 0.6 is 0 Å². The molecule has 0 saturated heterocycles. The minimum atomic E-state index is -1.02. The fourth-order valence-corrected chi connectivity index (χ4v) is 7.03. The van der Waals surface area contributed by atoms with Gasteiger partial charge in [0, 0.05) is 24.7 Å². The van der Waals surface area contributed by atoms with Crippen molar-refractivity contribution in [3.8, 4) is 5.75 Å². The van der Waals surface area contributed by atoms with E-state index >= 15 is 0 Å². The highest BCUT2D eigenvalue weighted by molar-refractivity contribution is 5.91. The normalized spacial score (nSPS) is 16.5. The lowest BCUT2D eigenvalue weighted by Crippen LogP contribution is -2.57. The quantitative estimate of drug-likeness (QED) is 0.0941. The van der Waals surface area contributed by atoms with Crippen molar-refractivity contribution in [3.05, 3.63) is 84.4 Å². The van der Waals surface area contributed by atoms with Crippen LogP contribution in [0, 0.1) is 17.8 Å². The second-order valence-electron chi connectivity index (χ2n) is 15.8. The zero-order chi connectivity index (χ0) is 38.2. The predicted molar refractivity (Wildman–Crippen MR) is 206 cm³/mol. The summed E-state index contributed by atoms with van der Waals surface area (Å²) in [6.07, 6.45) is 9.46. The Labute approximate surface area is 315 Å². The number of rotatable bonds is 19. The van der Waals surface area contributed by atoms with E-state index in [0.29, 0.717) is 37.0 Å². The number of hydrogen-bond acceptors (Lipinski definition) is 7. The van der Waals surface area contributed by atoms with Crippen molar-refractivity contribution < 1.29 is 29.0 Å². The number of ether oxygens (including phenoxy) is 2. The number of alkyl carbamates (subject to hydrolysis) is 1. The highest BCUT2D eigenvalue weighted by atomic mass is 16.6. The molecule has 1 heterocycles. The number of carbonyl (C=O) groups is 3. The maximum absolute atomic E-state index is 14.3. The van der Waals surface area contributed by atoms with Gasteiger partial charge in [-0.25, -0.2) is 9.78 Å². The molecule has 53 heavy (non-hydrogen) atoms. The van der Waals surface area contributed by atoms with Gasteiger partial charge in [0.25, 0.3) is 0 Å². The summed E-state index contributed by atoms with van der Waals surface area (Å²) in [6.45, 7) is 10.1. The van der Waals surface area contributed by atoms with Crippen LogP contribution in [0.3, 0.4) is 0 Å². The second-order valence-corrected chi connectivity index (χ2v) is 15.8. The first-order chi connectivity index (χ1) is 25.4. The van der Waals surface area contributed by atoms with E-state index in [0.717, 1.165) is 43.4 Å². The summed E-state index contributed by atoms with van der Waals surface area (Å²) < 4.78 is 11.5.